The highest BCUT2D eigenvalue weighted by atomic mass is 16.5. The van der Waals surface area contributed by atoms with Gasteiger partial charge in [-0.3, -0.25) is 0 Å². The van der Waals surface area contributed by atoms with E-state index < -0.39 is 0 Å². The Morgan fingerprint density at radius 3 is 2.94 bits per heavy atom. The zero-order chi connectivity index (χ0) is 12.3. The molecule has 17 heavy (non-hydrogen) atoms. The minimum atomic E-state index is -0.0733. The van der Waals surface area contributed by atoms with Gasteiger partial charge < -0.3 is 15.0 Å². The highest BCUT2D eigenvalue weighted by Gasteiger charge is 2.09. The van der Waals surface area contributed by atoms with Crippen molar-refractivity contribution < 1.29 is 9.26 Å². The Morgan fingerprint density at radius 1 is 1.47 bits per heavy atom. The van der Waals surface area contributed by atoms with E-state index >= 15 is 0 Å². The van der Waals surface area contributed by atoms with E-state index in [0.29, 0.717) is 5.82 Å². The van der Waals surface area contributed by atoms with Gasteiger partial charge in [0.25, 0.3) is 0 Å². The van der Waals surface area contributed by atoms with Gasteiger partial charge in [0.2, 0.25) is 12.2 Å². The average Bonchev–Trinajstić information content (AvgIpc) is 2.78. The molecule has 0 aliphatic carbocycles. The Bertz CT molecular complexity index is 481. The number of hydrogen-bond donors (Lipinski definition) is 1. The summed E-state index contributed by atoms with van der Waals surface area (Å²) >= 11 is 0. The topological polar surface area (TPSA) is 74.2 Å². The number of rotatable bonds is 4. The molecule has 0 saturated heterocycles. The van der Waals surface area contributed by atoms with E-state index in [1.807, 2.05) is 32.0 Å². The van der Waals surface area contributed by atoms with Crippen LogP contribution in [0, 0.1) is 6.92 Å². The van der Waals surface area contributed by atoms with Crippen molar-refractivity contribution in [1.82, 2.24) is 10.1 Å². The Labute approximate surface area is 99.6 Å². The molecule has 0 amide bonds. The number of aryl methyl sites for hydroxylation is 1. The molecular weight excluding hydrogens is 218 g/mol. The fraction of sp³-hybridized carbons (Fsp3) is 0.333. The van der Waals surface area contributed by atoms with E-state index in [4.69, 9.17) is 10.5 Å². The van der Waals surface area contributed by atoms with E-state index in [2.05, 4.69) is 14.7 Å². The number of hydrogen-bond acceptors (Lipinski definition) is 5. The van der Waals surface area contributed by atoms with Crippen LogP contribution in [0.25, 0.3) is 0 Å². The van der Waals surface area contributed by atoms with Gasteiger partial charge in [0.15, 0.2) is 6.61 Å². The van der Waals surface area contributed by atoms with Crippen molar-refractivity contribution in [3.8, 4) is 5.75 Å². The maximum Gasteiger partial charge on any atom is 0.213 e. The number of aromatic nitrogens is 2. The number of benzene rings is 1. The van der Waals surface area contributed by atoms with E-state index in [1.165, 1.54) is 6.39 Å². The lowest BCUT2D eigenvalue weighted by atomic mass is 10.1. The van der Waals surface area contributed by atoms with E-state index in [0.717, 1.165) is 16.9 Å². The van der Waals surface area contributed by atoms with Crippen LogP contribution >= 0.6 is 0 Å². The van der Waals surface area contributed by atoms with Crippen molar-refractivity contribution in [2.45, 2.75) is 26.5 Å². The molecule has 0 radical (unpaired) electrons. The third kappa shape index (κ3) is 2.82. The second-order valence-corrected chi connectivity index (χ2v) is 3.97. The Morgan fingerprint density at radius 2 is 2.29 bits per heavy atom. The first-order valence-electron chi connectivity index (χ1n) is 5.41. The number of nitrogens with two attached hydrogens (primary N) is 1. The van der Waals surface area contributed by atoms with Crippen LogP contribution in [-0.2, 0) is 6.61 Å². The Balaban J connectivity index is 2.16. The summed E-state index contributed by atoms with van der Waals surface area (Å²) in [6.07, 6.45) is 1.28. The first-order valence-corrected chi connectivity index (χ1v) is 5.41. The molecule has 2 rings (SSSR count). The van der Waals surface area contributed by atoms with Gasteiger partial charge in [0, 0.05) is 11.6 Å². The van der Waals surface area contributed by atoms with Crippen molar-refractivity contribution in [3.05, 3.63) is 41.5 Å². The lowest BCUT2D eigenvalue weighted by Crippen LogP contribution is -2.08. The van der Waals surface area contributed by atoms with Crippen molar-refractivity contribution >= 4 is 0 Å². The van der Waals surface area contributed by atoms with Gasteiger partial charge in [-0.25, -0.2) is 0 Å². The molecule has 0 spiro atoms. The van der Waals surface area contributed by atoms with Crippen LogP contribution < -0.4 is 10.5 Å². The summed E-state index contributed by atoms with van der Waals surface area (Å²) in [5.41, 5.74) is 7.98. The predicted octanol–water partition coefficient (Wildman–Crippen LogP) is 1.98. The molecule has 90 valence electrons. The van der Waals surface area contributed by atoms with Gasteiger partial charge in [0.05, 0.1) is 0 Å². The fourth-order valence-corrected chi connectivity index (χ4v) is 1.54. The average molecular weight is 233 g/mol. The Hall–Kier alpha value is -1.88. The first kappa shape index (κ1) is 11.6. The summed E-state index contributed by atoms with van der Waals surface area (Å²) in [5.74, 6) is 1.28. The smallest absolute Gasteiger partial charge is 0.213 e. The summed E-state index contributed by atoms with van der Waals surface area (Å²) in [7, 11) is 0. The van der Waals surface area contributed by atoms with Gasteiger partial charge >= 0.3 is 0 Å². The van der Waals surface area contributed by atoms with E-state index in [-0.39, 0.29) is 12.6 Å². The van der Waals surface area contributed by atoms with E-state index in [9.17, 15) is 0 Å². The summed E-state index contributed by atoms with van der Waals surface area (Å²) < 4.78 is 10.3. The predicted molar refractivity (Wildman–Crippen MR) is 62.4 cm³/mol. The molecule has 0 fully saturated rings. The molecule has 0 aliphatic rings. The molecule has 1 atom stereocenters. The summed E-state index contributed by atoms with van der Waals surface area (Å²) in [5, 5.41) is 3.69. The lowest BCUT2D eigenvalue weighted by Gasteiger charge is -2.13. The van der Waals surface area contributed by atoms with Crippen LogP contribution in [-0.4, -0.2) is 10.1 Å². The molecule has 1 aromatic carbocycles. The molecular formula is C12H15N3O2. The molecule has 0 aliphatic heterocycles. The Kier molecular flexibility index (Phi) is 3.39. The maximum atomic E-state index is 5.88. The first-order chi connectivity index (χ1) is 8.16. The molecule has 0 saturated carbocycles. The molecule has 0 bridgehead atoms. The molecule has 2 aromatic rings. The van der Waals surface area contributed by atoms with Gasteiger partial charge in [-0.15, -0.1) is 0 Å². The SMILES string of the molecule is Cc1ccc(C(C)N)c(OCc2ncon2)c1. The maximum absolute atomic E-state index is 5.88. The molecule has 1 heterocycles. The van der Waals surface area contributed by atoms with Crippen LogP contribution in [0.3, 0.4) is 0 Å². The zero-order valence-corrected chi connectivity index (χ0v) is 9.88. The van der Waals surface area contributed by atoms with Gasteiger partial charge in [0.1, 0.15) is 5.75 Å². The van der Waals surface area contributed by atoms with Crippen molar-refractivity contribution in [2.75, 3.05) is 0 Å². The number of nitrogens with zero attached hydrogens (tertiary/aromatic N) is 2. The number of ether oxygens (including phenoxy) is 1. The third-order valence-corrected chi connectivity index (χ3v) is 2.42. The monoisotopic (exact) mass is 233 g/mol. The zero-order valence-electron chi connectivity index (χ0n) is 9.88. The van der Waals surface area contributed by atoms with Crippen molar-refractivity contribution in [3.63, 3.8) is 0 Å². The van der Waals surface area contributed by atoms with Gasteiger partial charge in [-0.05, 0) is 25.5 Å². The molecule has 1 unspecified atom stereocenters. The third-order valence-electron chi connectivity index (χ3n) is 2.42. The van der Waals surface area contributed by atoms with Crippen LogP contribution in [0.5, 0.6) is 5.75 Å². The van der Waals surface area contributed by atoms with Crippen LogP contribution in [0.15, 0.2) is 29.1 Å². The van der Waals surface area contributed by atoms with E-state index in [1.54, 1.807) is 0 Å². The standard InChI is InChI=1S/C12H15N3O2/c1-8-3-4-10(9(2)13)11(5-8)16-6-12-14-7-17-15-12/h3-5,7,9H,6,13H2,1-2H3. The summed E-state index contributed by atoms with van der Waals surface area (Å²) in [4.78, 5) is 3.89. The van der Waals surface area contributed by atoms with Crippen LogP contribution in [0.2, 0.25) is 0 Å². The lowest BCUT2D eigenvalue weighted by molar-refractivity contribution is 0.282. The fourth-order valence-electron chi connectivity index (χ4n) is 1.54. The highest BCUT2D eigenvalue weighted by Crippen LogP contribution is 2.25. The minimum absolute atomic E-state index is 0.0733. The summed E-state index contributed by atoms with van der Waals surface area (Å²) in [6, 6.07) is 5.88. The minimum Gasteiger partial charge on any atom is -0.485 e. The molecule has 1 aromatic heterocycles. The van der Waals surface area contributed by atoms with Crippen LogP contribution in [0.4, 0.5) is 0 Å². The van der Waals surface area contributed by atoms with Gasteiger partial charge in [-0.1, -0.05) is 17.3 Å². The molecule has 5 heteroatoms. The van der Waals surface area contributed by atoms with Gasteiger partial charge in [-0.2, -0.15) is 4.98 Å². The highest BCUT2D eigenvalue weighted by molar-refractivity contribution is 5.38. The van der Waals surface area contributed by atoms with Crippen LogP contribution in [0.1, 0.15) is 29.9 Å². The largest absolute Gasteiger partial charge is 0.485 e. The van der Waals surface area contributed by atoms with Crippen molar-refractivity contribution in [2.24, 2.45) is 5.73 Å². The quantitative estimate of drug-likeness (QED) is 0.873. The summed E-state index contributed by atoms with van der Waals surface area (Å²) in [6.45, 7) is 4.21. The molecule has 2 N–H and O–H groups in total. The van der Waals surface area contributed by atoms with Crippen molar-refractivity contribution in [1.29, 1.82) is 0 Å². The second kappa shape index (κ2) is 4.97. The molecule has 5 nitrogen and oxygen atoms in total. The second-order valence-electron chi connectivity index (χ2n) is 3.97. The normalized spacial score (nSPS) is 12.4.